The zero-order valence-corrected chi connectivity index (χ0v) is 14.0. The molecule has 0 aliphatic carbocycles. The Morgan fingerprint density at radius 2 is 1.81 bits per heavy atom. The highest BCUT2D eigenvalue weighted by Gasteiger charge is 2.40. The van der Waals surface area contributed by atoms with Gasteiger partial charge in [0, 0.05) is 18.1 Å². The van der Waals surface area contributed by atoms with Crippen LogP contribution in [0.4, 0.5) is 13.2 Å². The quantitative estimate of drug-likeness (QED) is 0.445. The van der Waals surface area contributed by atoms with Crippen LogP contribution in [0.15, 0.2) is 12.1 Å². The van der Waals surface area contributed by atoms with Crippen LogP contribution in [0.5, 0.6) is 0 Å². The van der Waals surface area contributed by atoms with Crippen molar-refractivity contribution in [3.8, 4) is 0 Å². The van der Waals surface area contributed by atoms with E-state index in [9.17, 15) is 18.0 Å². The van der Waals surface area contributed by atoms with E-state index in [4.69, 9.17) is 4.43 Å². The van der Waals surface area contributed by atoms with Crippen LogP contribution in [-0.4, -0.2) is 14.6 Å². The minimum atomic E-state index is -2.32. The molecule has 0 aromatic heterocycles. The van der Waals surface area contributed by atoms with E-state index in [0.29, 0.717) is 12.4 Å². The number of carbonyl (C=O) groups is 1. The van der Waals surface area contributed by atoms with Crippen LogP contribution in [0.2, 0.25) is 18.1 Å². The van der Waals surface area contributed by atoms with Crippen LogP contribution < -0.4 is 0 Å². The van der Waals surface area contributed by atoms with Crippen molar-refractivity contribution in [2.24, 2.45) is 0 Å². The average molecular weight is 318 g/mol. The number of halogens is 3. The van der Waals surface area contributed by atoms with E-state index in [-0.39, 0.29) is 17.0 Å². The summed E-state index contributed by atoms with van der Waals surface area (Å²) in [6.45, 7) is 9.82. The lowest BCUT2D eigenvalue weighted by atomic mass is 10.1. The molecule has 2 nitrogen and oxygen atoms in total. The van der Waals surface area contributed by atoms with E-state index in [1.54, 1.807) is 0 Å². The molecule has 0 bridgehead atoms. The molecule has 1 unspecified atom stereocenters. The van der Waals surface area contributed by atoms with Gasteiger partial charge in [-0.1, -0.05) is 20.8 Å². The third-order valence-corrected chi connectivity index (χ3v) is 8.41. The van der Waals surface area contributed by atoms with E-state index in [0.717, 1.165) is 6.07 Å². The standard InChI is InChI=1S/C15H21F3O2Si/c1-15(2,3)21(4,5)20-13(6-7-19)11-8-10(16)9-12(17)14(11)18/h7-9,13H,6H2,1-5H3. The van der Waals surface area contributed by atoms with Gasteiger partial charge < -0.3 is 9.22 Å². The fourth-order valence-electron chi connectivity index (χ4n) is 1.67. The number of hydrogen-bond acceptors (Lipinski definition) is 2. The van der Waals surface area contributed by atoms with Crippen molar-refractivity contribution in [1.29, 1.82) is 0 Å². The first kappa shape index (κ1) is 17.9. The van der Waals surface area contributed by atoms with Crippen LogP contribution in [0.3, 0.4) is 0 Å². The molecular weight excluding hydrogens is 297 g/mol. The maximum absolute atomic E-state index is 13.9. The highest BCUT2D eigenvalue weighted by Crippen LogP contribution is 2.41. The van der Waals surface area contributed by atoms with Gasteiger partial charge in [-0.25, -0.2) is 13.2 Å². The Bertz CT molecular complexity index is 524. The van der Waals surface area contributed by atoms with Crippen molar-refractivity contribution >= 4 is 14.6 Å². The summed E-state index contributed by atoms with van der Waals surface area (Å²) in [5.74, 6) is -3.33. The zero-order chi connectivity index (χ0) is 16.4. The Hall–Kier alpha value is -1.14. The topological polar surface area (TPSA) is 26.3 Å². The van der Waals surface area contributed by atoms with Gasteiger partial charge in [-0.3, -0.25) is 0 Å². The molecule has 0 radical (unpaired) electrons. The summed E-state index contributed by atoms with van der Waals surface area (Å²) in [6.07, 6.45) is -0.555. The van der Waals surface area contributed by atoms with Gasteiger partial charge in [-0.15, -0.1) is 0 Å². The summed E-state index contributed by atoms with van der Waals surface area (Å²) in [5.41, 5.74) is -0.246. The van der Waals surface area contributed by atoms with Crippen LogP contribution >= 0.6 is 0 Å². The van der Waals surface area contributed by atoms with Crippen molar-refractivity contribution in [2.45, 2.75) is 51.4 Å². The number of aldehydes is 1. The molecule has 0 aliphatic heterocycles. The first-order valence-corrected chi connectivity index (χ1v) is 9.66. The summed E-state index contributed by atoms with van der Waals surface area (Å²) in [4.78, 5) is 10.8. The molecule has 0 heterocycles. The fraction of sp³-hybridized carbons (Fsp3) is 0.533. The monoisotopic (exact) mass is 318 g/mol. The summed E-state index contributed by atoms with van der Waals surface area (Å²) in [5, 5.41) is -0.170. The molecule has 0 spiro atoms. The number of carbonyl (C=O) groups excluding carboxylic acids is 1. The molecule has 0 fully saturated rings. The van der Waals surface area contributed by atoms with Crippen molar-refractivity contribution in [3.63, 3.8) is 0 Å². The maximum atomic E-state index is 13.9. The Balaban J connectivity index is 3.23. The van der Waals surface area contributed by atoms with Crippen LogP contribution in [0, 0.1) is 17.5 Å². The molecule has 1 aromatic carbocycles. The fourth-order valence-corrected chi connectivity index (χ4v) is 2.96. The molecule has 21 heavy (non-hydrogen) atoms. The largest absolute Gasteiger partial charge is 0.409 e. The predicted molar refractivity (Wildman–Crippen MR) is 78.0 cm³/mol. The van der Waals surface area contributed by atoms with Crippen molar-refractivity contribution in [1.82, 2.24) is 0 Å². The Labute approximate surface area is 124 Å². The number of hydrogen-bond donors (Lipinski definition) is 0. The molecule has 0 saturated carbocycles. The third kappa shape index (κ3) is 4.17. The van der Waals surface area contributed by atoms with Crippen molar-refractivity contribution in [3.05, 3.63) is 35.1 Å². The summed E-state index contributed by atoms with van der Waals surface area (Å²) in [7, 11) is -2.32. The molecule has 1 aromatic rings. The highest BCUT2D eigenvalue weighted by atomic mass is 28.4. The summed E-state index contributed by atoms with van der Waals surface area (Å²) < 4.78 is 46.6. The van der Waals surface area contributed by atoms with E-state index >= 15 is 0 Å². The van der Waals surface area contributed by atoms with Gasteiger partial charge in [0.05, 0.1) is 6.10 Å². The minimum Gasteiger partial charge on any atom is -0.409 e. The predicted octanol–water partition coefficient (Wildman–Crippen LogP) is 4.76. The van der Waals surface area contributed by atoms with Crippen LogP contribution in [0.25, 0.3) is 0 Å². The van der Waals surface area contributed by atoms with Gasteiger partial charge in [0.1, 0.15) is 12.1 Å². The van der Waals surface area contributed by atoms with Gasteiger partial charge in [0.2, 0.25) is 0 Å². The second kappa shape index (κ2) is 6.32. The van der Waals surface area contributed by atoms with E-state index in [1.165, 1.54) is 0 Å². The lowest BCUT2D eigenvalue weighted by Crippen LogP contribution is -2.42. The molecule has 0 N–H and O–H groups in total. The molecule has 118 valence electrons. The molecule has 0 amide bonds. The lowest BCUT2D eigenvalue weighted by molar-refractivity contribution is -0.109. The second-order valence-electron chi connectivity index (χ2n) is 6.56. The van der Waals surface area contributed by atoms with Gasteiger partial charge in [-0.05, 0) is 24.2 Å². The molecular formula is C15H21F3O2Si. The molecule has 1 atom stereocenters. The third-order valence-electron chi connectivity index (χ3n) is 3.92. The summed E-state index contributed by atoms with van der Waals surface area (Å²) >= 11 is 0. The minimum absolute atomic E-state index is 0.147. The Kier molecular flexibility index (Phi) is 5.39. The molecule has 0 saturated heterocycles. The van der Waals surface area contributed by atoms with E-state index in [1.807, 2.05) is 33.9 Å². The molecule has 0 aliphatic rings. The first-order valence-electron chi connectivity index (χ1n) is 6.75. The van der Waals surface area contributed by atoms with Crippen LogP contribution in [0.1, 0.15) is 38.9 Å². The lowest BCUT2D eigenvalue weighted by Gasteiger charge is -2.39. The SMILES string of the molecule is CC(C)(C)[Si](C)(C)OC(CC=O)c1cc(F)cc(F)c1F. The maximum Gasteiger partial charge on any atom is 0.192 e. The zero-order valence-electron chi connectivity index (χ0n) is 13.0. The van der Waals surface area contributed by atoms with Crippen molar-refractivity contribution in [2.75, 3.05) is 0 Å². The van der Waals surface area contributed by atoms with Crippen molar-refractivity contribution < 1.29 is 22.4 Å². The van der Waals surface area contributed by atoms with Gasteiger partial charge >= 0.3 is 0 Å². The van der Waals surface area contributed by atoms with E-state index in [2.05, 4.69) is 0 Å². The summed E-state index contributed by atoms with van der Waals surface area (Å²) in [6, 6.07) is 1.36. The Morgan fingerprint density at radius 3 is 2.29 bits per heavy atom. The van der Waals surface area contributed by atoms with Gasteiger partial charge in [0.15, 0.2) is 20.0 Å². The Morgan fingerprint density at radius 1 is 1.24 bits per heavy atom. The average Bonchev–Trinajstić information content (AvgIpc) is 2.31. The first-order chi connectivity index (χ1) is 9.49. The van der Waals surface area contributed by atoms with E-state index < -0.39 is 31.9 Å². The van der Waals surface area contributed by atoms with Gasteiger partial charge in [-0.2, -0.15) is 0 Å². The second-order valence-corrected chi connectivity index (χ2v) is 11.3. The number of benzene rings is 1. The highest BCUT2D eigenvalue weighted by molar-refractivity contribution is 6.74. The van der Waals surface area contributed by atoms with Crippen LogP contribution in [-0.2, 0) is 9.22 Å². The molecule has 1 rings (SSSR count). The molecule has 6 heteroatoms. The normalized spacial score (nSPS) is 14.1. The number of rotatable bonds is 5. The van der Waals surface area contributed by atoms with Gasteiger partial charge in [0.25, 0.3) is 0 Å². The smallest absolute Gasteiger partial charge is 0.192 e.